The number of esters is 1. The summed E-state index contributed by atoms with van der Waals surface area (Å²) in [6, 6.07) is 0. The number of rotatable bonds is 1. The average Bonchev–Trinajstić information content (AvgIpc) is 2.60. The lowest BCUT2D eigenvalue weighted by molar-refractivity contribution is -0.153. The molecule has 0 bridgehead atoms. The number of ketones is 1. The molecule has 0 aromatic rings. The molecule has 4 nitrogen and oxygen atoms in total. The minimum atomic E-state index is -0.494. The number of hydrogen-bond donors (Lipinski definition) is 0. The molecule has 1 aliphatic heterocycles. The monoisotopic (exact) mass is 225 g/mol. The van der Waals surface area contributed by atoms with Crippen molar-refractivity contribution < 1.29 is 14.3 Å². The summed E-state index contributed by atoms with van der Waals surface area (Å²) in [5, 5.41) is 0. The van der Waals surface area contributed by atoms with Crippen LogP contribution in [0.5, 0.6) is 0 Å². The van der Waals surface area contributed by atoms with Gasteiger partial charge in [-0.25, -0.2) is 0 Å². The first kappa shape index (κ1) is 11.6. The Balaban J connectivity index is 2.19. The van der Waals surface area contributed by atoms with Crippen LogP contribution in [-0.4, -0.2) is 43.9 Å². The van der Waals surface area contributed by atoms with E-state index in [2.05, 4.69) is 11.9 Å². The van der Waals surface area contributed by atoms with Crippen LogP contribution in [0.2, 0.25) is 0 Å². The number of carbonyl (C=O) groups excluding carboxylic acids is 2. The zero-order chi connectivity index (χ0) is 11.8. The number of nitrogens with zero attached hydrogens (tertiary/aromatic N) is 1. The van der Waals surface area contributed by atoms with Gasteiger partial charge in [0.25, 0.3) is 0 Å². The van der Waals surface area contributed by atoms with Crippen molar-refractivity contribution in [3.63, 3.8) is 0 Å². The van der Waals surface area contributed by atoms with Gasteiger partial charge in [0.05, 0.1) is 7.11 Å². The van der Waals surface area contributed by atoms with Crippen LogP contribution in [0.4, 0.5) is 0 Å². The van der Waals surface area contributed by atoms with E-state index in [1.807, 2.05) is 0 Å². The van der Waals surface area contributed by atoms with Crippen LogP contribution in [0, 0.1) is 11.3 Å². The fourth-order valence-corrected chi connectivity index (χ4v) is 3.10. The molecule has 0 amide bonds. The van der Waals surface area contributed by atoms with Gasteiger partial charge in [-0.2, -0.15) is 0 Å². The third kappa shape index (κ3) is 1.75. The van der Waals surface area contributed by atoms with Crippen LogP contribution in [0.15, 0.2) is 0 Å². The van der Waals surface area contributed by atoms with Crippen molar-refractivity contribution in [1.82, 2.24) is 4.90 Å². The van der Waals surface area contributed by atoms with E-state index in [1.54, 1.807) is 0 Å². The van der Waals surface area contributed by atoms with Gasteiger partial charge >= 0.3 is 5.97 Å². The van der Waals surface area contributed by atoms with Crippen molar-refractivity contribution >= 4 is 11.8 Å². The molecule has 0 aromatic carbocycles. The zero-order valence-corrected chi connectivity index (χ0v) is 9.99. The Kier molecular flexibility index (Phi) is 3.02. The second-order valence-corrected chi connectivity index (χ2v) is 5.09. The summed E-state index contributed by atoms with van der Waals surface area (Å²) in [7, 11) is 3.45. The molecular weight excluding hydrogens is 206 g/mol. The summed E-state index contributed by atoms with van der Waals surface area (Å²) < 4.78 is 4.79. The minimum absolute atomic E-state index is 0.0800. The molecule has 2 aliphatic rings. The molecular formula is C12H19NO3. The number of carbonyl (C=O) groups is 2. The first-order chi connectivity index (χ1) is 7.59. The predicted octanol–water partition coefficient (Wildman–Crippen LogP) is 0.850. The summed E-state index contributed by atoms with van der Waals surface area (Å²) in [5.74, 6) is -0.741. The van der Waals surface area contributed by atoms with E-state index >= 15 is 0 Å². The van der Waals surface area contributed by atoms with Crippen molar-refractivity contribution in [2.45, 2.75) is 25.7 Å². The molecule has 0 aromatic heterocycles. The van der Waals surface area contributed by atoms with Crippen LogP contribution in [0.3, 0.4) is 0 Å². The van der Waals surface area contributed by atoms with Crippen LogP contribution >= 0.6 is 0 Å². The molecule has 1 spiro atoms. The highest BCUT2D eigenvalue weighted by atomic mass is 16.5. The Hall–Kier alpha value is -0.900. The van der Waals surface area contributed by atoms with Gasteiger partial charge in [0.2, 0.25) is 0 Å². The van der Waals surface area contributed by atoms with Gasteiger partial charge in [0.1, 0.15) is 11.7 Å². The molecule has 0 radical (unpaired) electrons. The average molecular weight is 225 g/mol. The lowest BCUT2D eigenvalue weighted by Crippen LogP contribution is -2.44. The molecule has 1 atom stereocenters. The summed E-state index contributed by atoms with van der Waals surface area (Å²) >= 11 is 0. The zero-order valence-electron chi connectivity index (χ0n) is 9.99. The fraction of sp³-hybridized carbons (Fsp3) is 0.833. The summed E-state index contributed by atoms with van der Waals surface area (Å²) in [4.78, 5) is 25.8. The maximum atomic E-state index is 11.8. The largest absolute Gasteiger partial charge is 0.468 e. The number of methoxy groups -OCH3 is 1. The van der Waals surface area contributed by atoms with Gasteiger partial charge in [0, 0.05) is 6.42 Å². The highest BCUT2D eigenvalue weighted by molar-refractivity contribution is 6.01. The van der Waals surface area contributed by atoms with Crippen molar-refractivity contribution in [2.75, 3.05) is 27.2 Å². The van der Waals surface area contributed by atoms with Crippen LogP contribution in [0.1, 0.15) is 25.7 Å². The Morgan fingerprint density at radius 2 is 2.00 bits per heavy atom. The number of Topliss-reactive ketones (excluding diaryl/α,β-unsaturated/α-hetero) is 1. The maximum Gasteiger partial charge on any atom is 0.316 e. The number of likely N-dealkylation sites (tertiary alicyclic amines) is 1. The first-order valence-corrected chi connectivity index (χ1v) is 5.88. The van der Waals surface area contributed by atoms with Gasteiger partial charge in [-0.15, -0.1) is 0 Å². The van der Waals surface area contributed by atoms with Crippen molar-refractivity contribution in [1.29, 1.82) is 0 Å². The standard InChI is InChI=1S/C12H19NO3/c1-13-7-5-12(6-8-13)4-3-9(14)10(12)11(15)16-2/h10H,3-8H2,1-2H3. The van der Waals surface area contributed by atoms with Crippen molar-refractivity contribution in [3.8, 4) is 0 Å². The van der Waals surface area contributed by atoms with Gasteiger partial charge in [-0.05, 0) is 44.8 Å². The summed E-state index contributed by atoms with van der Waals surface area (Å²) in [5.41, 5.74) is -0.101. The van der Waals surface area contributed by atoms with E-state index in [0.29, 0.717) is 6.42 Å². The van der Waals surface area contributed by atoms with Crippen LogP contribution in [-0.2, 0) is 14.3 Å². The molecule has 1 saturated heterocycles. The quantitative estimate of drug-likeness (QED) is 0.490. The smallest absolute Gasteiger partial charge is 0.316 e. The molecule has 1 aliphatic carbocycles. The highest BCUT2D eigenvalue weighted by Gasteiger charge is 2.52. The molecule has 0 N–H and O–H groups in total. The van der Waals surface area contributed by atoms with Gasteiger partial charge in [-0.1, -0.05) is 0 Å². The third-order valence-electron chi connectivity index (χ3n) is 4.22. The van der Waals surface area contributed by atoms with Gasteiger partial charge < -0.3 is 9.64 Å². The van der Waals surface area contributed by atoms with Gasteiger partial charge in [0.15, 0.2) is 0 Å². The Morgan fingerprint density at radius 3 is 2.56 bits per heavy atom. The van der Waals surface area contributed by atoms with Crippen molar-refractivity contribution in [3.05, 3.63) is 0 Å². The van der Waals surface area contributed by atoms with E-state index < -0.39 is 5.92 Å². The summed E-state index contributed by atoms with van der Waals surface area (Å²) in [6.45, 7) is 1.95. The molecule has 2 fully saturated rings. The summed E-state index contributed by atoms with van der Waals surface area (Å²) in [6.07, 6.45) is 3.28. The number of hydrogen-bond acceptors (Lipinski definition) is 4. The second-order valence-electron chi connectivity index (χ2n) is 5.09. The third-order valence-corrected chi connectivity index (χ3v) is 4.22. The molecule has 90 valence electrons. The van der Waals surface area contributed by atoms with E-state index in [1.165, 1.54) is 7.11 Å². The number of piperidine rings is 1. The van der Waals surface area contributed by atoms with Crippen LogP contribution < -0.4 is 0 Å². The minimum Gasteiger partial charge on any atom is -0.468 e. The molecule has 2 rings (SSSR count). The Labute approximate surface area is 95.9 Å². The molecule has 1 unspecified atom stereocenters. The normalized spacial score (nSPS) is 29.6. The van der Waals surface area contributed by atoms with E-state index in [-0.39, 0.29) is 17.2 Å². The molecule has 16 heavy (non-hydrogen) atoms. The predicted molar refractivity (Wildman–Crippen MR) is 58.9 cm³/mol. The first-order valence-electron chi connectivity index (χ1n) is 5.88. The van der Waals surface area contributed by atoms with E-state index in [4.69, 9.17) is 4.74 Å². The lowest BCUT2D eigenvalue weighted by atomic mass is 9.70. The highest BCUT2D eigenvalue weighted by Crippen LogP contribution is 2.49. The Bertz CT molecular complexity index is 305. The SMILES string of the molecule is COC(=O)C1C(=O)CCC12CCN(C)CC2. The topological polar surface area (TPSA) is 46.6 Å². The molecule has 1 saturated carbocycles. The Morgan fingerprint density at radius 1 is 1.38 bits per heavy atom. The molecule has 1 heterocycles. The fourth-order valence-electron chi connectivity index (χ4n) is 3.10. The van der Waals surface area contributed by atoms with Crippen LogP contribution in [0.25, 0.3) is 0 Å². The van der Waals surface area contributed by atoms with Crippen molar-refractivity contribution in [2.24, 2.45) is 11.3 Å². The molecule has 4 heteroatoms. The van der Waals surface area contributed by atoms with E-state index in [9.17, 15) is 9.59 Å². The van der Waals surface area contributed by atoms with Gasteiger partial charge in [-0.3, -0.25) is 9.59 Å². The van der Waals surface area contributed by atoms with E-state index in [0.717, 1.165) is 32.4 Å². The number of ether oxygens (including phenoxy) is 1. The maximum absolute atomic E-state index is 11.8. The lowest BCUT2D eigenvalue weighted by Gasteiger charge is -2.40. The second kappa shape index (κ2) is 4.17.